The predicted molar refractivity (Wildman–Crippen MR) is 81.2 cm³/mol. The van der Waals surface area contributed by atoms with Gasteiger partial charge in [0.25, 0.3) is 0 Å². The van der Waals surface area contributed by atoms with Crippen LogP contribution in [0.3, 0.4) is 0 Å². The fourth-order valence-electron chi connectivity index (χ4n) is 2.34. The Bertz CT molecular complexity index is 406. The molecule has 17 heavy (non-hydrogen) atoms. The minimum absolute atomic E-state index is 0.552. The van der Waals surface area contributed by atoms with Gasteiger partial charge in [0.2, 0.25) is 0 Å². The third-order valence-electron chi connectivity index (χ3n) is 3.22. The zero-order valence-electron chi connectivity index (χ0n) is 10.3. The fourth-order valence-corrected chi connectivity index (χ4v) is 2.65. The molecular weight excluding hydrogens is 248 g/mol. The molecule has 0 aliphatic carbocycles. The normalized spacial score (nSPS) is 18.0. The number of rotatable bonds is 3. The quantitative estimate of drug-likeness (QED) is 0.846. The van der Waals surface area contributed by atoms with Gasteiger partial charge in [0.15, 0.2) is 0 Å². The molecule has 1 aromatic rings. The Morgan fingerprint density at radius 3 is 3.00 bits per heavy atom. The maximum Gasteiger partial charge on any atom is 0.133 e. The minimum Gasteiger partial charge on any atom is -0.371 e. The predicted octanol–water partition coefficient (Wildman–Crippen LogP) is 2.85. The third kappa shape index (κ3) is 2.75. The van der Waals surface area contributed by atoms with E-state index >= 15 is 0 Å². The molecule has 0 saturated carbocycles. The fraction of sp³-hybridized carbons (Fsp3) is 0.462. The van der Waals surface area contributed by atoms with Gasteiger partial charge in [-0.15, -0.1) is 11.8 Å². The average molecular weight is 266 g/mol. The largest absolute Gasteiger partial charge is 0.371 e. The third-order valence-corrected chi connectivity index (χ3v) is 4.38. The molecule has 1 N–H and O–H groups in total. The van der Waals surface area contributed by atoms with E-state index in [1.54, 1.807) is 11.8 Å². The molecule has 0 amide bonds. The smallest absolute Gasteiger partial charge is 0.133 e. The molecule has 1 aliphatic heterocycles. The minimum atomic E-state index is 0.552. The first-order valence-electron chi connectivity index (χ1n) is 5.92. The molecular formula is C13H18N2S2. The summed E-state index contributed by atoms with van der Waals surface area (Å²) in [6.45, 7) is 5.31. The van der Waals surface area contributed by atoms with Gasteiger partial charge in [-0.1, -0.05) is 30.4 Å². The lowest BCUT2D eigenvalue weighted by molar-refractivity contribution is 0.680. The van der Waals surface area contributed by atoms with Crippen LogP contribution < -0.4 is 10.2 Å². The van der Waals surface area contributed by atoms with Gasteiger partial charge in [-0.25, -0.2) is 0 Å². The topological polar surface area (TPSA) is 15.3 Å². The van der Waals surface area contributed by atoms with Gasteiger partial charge >= 0.3 is 0 Å². The molecule has 92 valence electrons. The van der Waals surface area contributed by atoms with Crippen molar-refractivity contribution in [2.75, 3.05) is 30.8 Å². The summed E-state index contributed by atoms with van der Waals surface area (Å²) in [5, 5.41) is 3.33. The standard InChI is InChI=1S/C13H18N2S2/c1-3-15-9-10(8-14-13(16)17-2)11-6-4-5-7-12(11)15/h4-7,10H,3,8-9H2,1-2H3,(H,14,16). The Kier molecular flexibility index (Phi) is 4.29. The van der Waals surface area contributed by atoms with Crippen LogP contribution in [-0.2, 0) is 0 Å². The second-order valence-electron chi connectivity index (χ2n) is 4.17. The SMILES string of the molecule is CCN1CC(CNC(=S)SC)c2ccccc21. The molecule has 1 atom stereocenters. The van der Waals surface area contributed by atoms with Crippen molar-refractivity contribution >= 4 is 34.0 Å². The Hall–Kier alpha value is -0.740. The van der Waals surface area contributed by atoms with Crippen LogP contribution in [0.4, 0.5) is 5.69 Å². The zero-order chi connectivity index (χ0) is 12.3. The van der Waals surface area contributed by atoms with Gasteiger partial charge in [-0.05, 0) is 24.8 Å². The summed E-state index contributed by atoms with van der Waals surface area (Å²) in [7, 11) is 0. The van der Waals surface area contributed by atoms with Crippen LogP contribution in [0.1, 0.15) is 18.4 Å². The summed E-state index contributed by atoms with van der Waals surface area (Å²) in [5.41, 5.74) is 2.84. The maximum atomic E-state index is 5.18. The molecule has 2 rings (SSSR count). The van der Waals surface area contributed by atoms with E-state index in [-0.39, 0.29) is 0 Å². The van der Waals surface area contributed by atoms with Crippen LogP contribution in [0.25, 0.3) is 0 Å². The number of para-hydroxylation sites is 1. The van der Waals surface area contributed by atoms with E-state index in [2.05, 4.69) is 41.4 Å². The lowest BCUT2D eigenvalue weighted by Gasteiger charge is -2.17. The zero-order valence-corrected chi connectivity index (χ0v) is 11.9. The summed E-state index contributed by atoms with van der Waals surface area (Å²) in [4.78, 5) is 2.43. The van der Waals surface area contributed by atoms with Crippen molar-refractivity contribution in [3.05, 3.63) is 29.8 Å². The summed E-state index contributed by atoms with van der Waals surface area (Å²) >= 11 is 6.79. The lowest BCUT2D eigenvalue weighted by Crippen LogP contribution is -2.28. The van der Waals surface area contributed by atoms with Crippen molar-refractivity contribution in [1.82, 2.24) is 5.32 Å². The molecule has 0 aromatic heterocycles. The van der Waals surface area contributed by atoms with Crippen molar-refractivity contribution in [2.45, 2.75) is 12.8 Å². The summed E-state index contributed by atoms with van der Waals surface area (Å²) in [5.74, 6) is 0.552. The molecule has 1 heterocycles. The lowest BCUT2D eigenvalue weighted by atomic mass is 10.0. The summed E-state index contributed by atoms with van der Waals surface area (Å²) < 4.78 is 0.887. The highest BCUT2D eigenvalue weighted by atomic mass is 32.2. The number of hydrogen-bond acceptors (Lipinski definition) is 3. The molecule has 1 unspecified atom stereocenters. The van der Waals surface area contributed by atoms with E-state index in [1.807, 2.05) is 6.26 Å². The highest BCUT2D eigenvalue weighted by molar-refractivity contribution is 8.22. The first-order chi connectivity index (χ1) is 8.26. The molecule has 0 bridgehead atoms. The van der Waals surface area contributed by atoms with Crippen LogP contribution >= 0.6 is 24.0 Å². The molecule has 4 heteroatoms. The van der Waals surface area contributed by atoms with Crippen molar-refractivity contribution in [1.29, 1.82) is 0 Å². The highest BCUT2D eigenvalue weighted by Crippen LogP contribution is 2.35. The van der Waals surface area contributed by atoms with Gasteiger partial charge < -0.3 is 10.2 Å². The number of hydrogen-bond donors (Lipinski definition) is 1. The molecule has 0 radical (unpaired) electrons. The molecule has 0 spiro atoms. The van der Waals surface area contributed by atoms with Crippen LogP contribution in [0, 0.1) is 0 Å². The summed E-state index contributed by atoms with van der Waals surface area (Å²) in [6, 6.07) is 8.69. The first-order valence-corrected chi connectivity index (χ1v) is 7.55. The van der Waals surface area contributed by atoms with Crippen molar-refractivity contribution in [2.24, 2.45) is 0 Å². The van der Waals surface area contributed by atoms with Gasteiger partial charge in [0, 0.05) is 31.2 Å². The maximum absolute atomic E-state index is 5.18. The number of fused-ring (bicyclic) bond motifs is 1. The van der Waals surface area contributed by atoms with Crippen LogP contribution in [0.15, 0.2) is 24.3 Å². The number of nitrogens with zero attached hydrogens (tertiary/aromatic N) is 1. The molecule has 1 aliphatic rings. The van der Waals surface area contributed by atoms with E-state index in [9.17, 15) is 0 Å². The van der Waals surface area contributed by atoms with Gasteiger partial charge in [-0.2, -0.15) is 0 Å². The van der Waals surface area contributed by atoms with Crippen molar-refractivity contribution < 1.29 is 0 Å². The van der Waals surface area contributed by atoms with E-state index in [4.69, 9.17) is 12.2 Å². The Labute approximate surface area is 113 Å². The number of nitrogens with one attached hydrogen (secondary N) is 1. The second kappa shape index (κ2) is 5.74. The molecule has 0 fully saturated rings. The number of likely N-dealkylation sites (N-methyl/N-ethyl adjacent to an activating group) is 1. The Balaban J connectivity index is 2.08. The van der Waals surface area contributed by atoms with Crippen LogP contribution in [0.2, 0.25) is 0 Å². The van der Waals surface area contributed by atoms with E-state index < -0.39 is 0 Å². The van der Waals surface area contributed by atoms with Crippen LogP contribution in [-0.4, -0.2) is 30.2 Å². The van der Waals surface area contributed by atoms with Gasteiger partial charge in [0.05, 0.1) is 0 Å². The first kappa shape index (κ1) is 12.7. The Morgan fingerprint density at radius 2 is 2.29 bits per heavy atom. The summed E-state index contributed by atoms with van der Waals surface area (Å²) in [6.07, 6.45) is 2.01. The van der Waals surface area contributed by atoms with E-state index in [0.29, 0.717) is 5.92 Å². The van der Waals surface area contributed by atoms with E-state index in [1.165, 1.54) is 11.3 Å². The van der Waals surface area contributed by atoms with E-state index in [0.717, 1.165) is 24.0 Å². The van der Waals surface area contributed by atoms with Crippen molar-refractivity contribution in [3.63, 3.8) is 0 Å². The average Bonchev–Trinajstić information content (AvgIpc) is 2.74. The monoisotopic (exact) mass is 266 g/mol. The number of thiocarbonyl (C=S) groups is 1. The van der Waals surface area contributed by atoms with Gasteiger partial charge in [-0.3, -0.25) is 0 Å². The molecule has 0 saturated heterocycles. The molecule has 1 aromatic carbocycles. The number of benzene rings is 1. The molecule has 2 nitrogen and oxygen atoms in total. The second-order valence-corrected chi connectivity index (χ2v) is 5.65. The number of thioether (sulfide) groups is 1. The Morgan fingerprint density at radius 1 is 1.53 bits per heavy atom. The number of anilines is 1. The van der Waals surface area contributed by atoms with Crippen molar-refractivity contribution in [3.8, 4) is 0 Å². The highest BCUT2D eigenvalue weighted by Gasteiger charge is 2.26. The van der Waals surface area contributed by atoms with Gasteiger partial charge in [0.1, 0.15) is 4.32 Å². The van der Waals surface area contributed by atoms with Crippen LogP contribution in [0.5, 0.6) is 0 Å².